The van der Waals surface area contributed by atoms with E-state index in [1.165, 1.54) is 12.1 Å². The van der Waals surface area contributed by atoms with E-state index >= 15 is 0 Å². The largest absolute Gasteiger partial charge is 0.416 e. The van der Waals surface area contributed by atoms with Crippen LogP contribution in [0.5, 0.6) is 0 Å². The van der Waals surface area contributed by atoms with E-state index in [0.29, 0.717) is 0 Å². The van der Waals surface area contributed by atoms with Crippen LogP contribution in [0.25, 0.3) is 5.69 Å². The number of hydrogen-bond acceptors (Lipinski definition) is 3. The Hall–Kier alpha value is -2.12. The Morgan fingerprint density at radius 3 is 2.62 bits per heavy atom. The van der Waals surface area contributed by atoms with E-state index in [1.807, 2.05) is 5.10 Å². The third-order valence-electron chi connectivity index (χ3n) is 1.89. The van der Waals surface area contributed by atoms with E-state index < -0.39 is 17.4 Å². The minimum atomic E-state index is -4.46. The molecule has 1 heterocycles. The second-order valence-electron chi connectivity index (χ2n) is 2.97. The molecule has 0 aliphatic heterocycles. The van der Waals surface area contributed by atoms with Gasteiger partial charge in [0.05, 0.1) is 11.3 Å². The van der Waals surface area contributed by atoms with Crippen molar-refractivity contribution in [1.29, 1.82) is 0 Å². The zero-order valence-corrected chi connectivity index (χ0v) is 7.69. The Labute approximate surface area is 86.5 Å². The zero-order valence-electron chi connectivity index (χ0n) is 7.69. The van der Waals surface area contributed by atoms with Crippen LogP contribution < -0.4 is 5.69 Å². The van der Waals surface area contributed by atoms with E-state index in [2.05, 4.69) is 10.4 Å². The molecule has 0 aliphatic rings. The van der Waals surface area contributed by atoms with Crippen molar-refractivity contribution < 1.29 is 13.2 Å². The van der Waals surface area contributed by atoms with Crippen molar-refractivity contribution >= 4 is 0 Å². The number of alkyl halides is 3. The number of hydrogen-bond donors (Lipinski definition) is 1. The van der Waals surface area contributed by atoms with E-state index in [-0.39, 0.29) is 5.69 Å². The molecule has 0 atom stereocenters. The smallest absolute Gasteiger partial charge is 0.244 e. The van der Waals surface area contributed by atoms with Gasteiger partial charge in [0.15, 0.2) is 0 Å². The van der Waals surface area contributed by atoms with Crippen molar-refractivity contribution in [3.8, 4) is 5.69 Å². The summed E-state index contributed by atoms with van der Waals surface area (Å²) < 4.78 is 37.9. The first-order chi connectivity index (χ1) is 7.48. The van der Waals surface area contributed by atoms with Gasteiger partial charge in [0, 0.05) is 0 Å². The van der Waals surface area contributed by atoms with Crippen LogP contribution in [0.15, 0.2) is 29.1 Å². The minimum absolute atomic E-state index is 0.00794. The van der Waals surface area contributed by atoms with Crippen LogP contribution in [0.4, 0.5) is 13.2 Å². The van der Waals surface area contributed by atoms with Gasteiger partial charge in [0.25, 0.3) is 0 Å². The van der Waals surface area contributed by atoms with Crippen LogP contribution >= 0.6 is 0 Å². The topological polar surface area (TPSA) is 63.6 Å². The van der Waals surface area contributed by atoms with Gasteiger partial charge in [-0.2, -0.15) is 17.9 Å². The fourth-order valence-electron chi connectivity index (χ4n) is 1.18. The number of H-pyrrole nitrogens is 1. The van der Waals surface area contributed by atoms with Crippen molar-refractivity contribution in [2.45, 2.75) is 6.18 Å². The first-order valence-electron chi connectivity index (χ1n) is 4.16. The summed E-state index contributed by atoms with van der Waals surface area (Å²) in [5.41, 5.74) is -1.53. The van der Waals surface area contributed by atoms with Crippen LogP contribution in [0.1, 0.15) is 5.56 Å². The molecule has 1 aromatic carbocycles. The monoisotopic (exact) mass is 230 g/mol. The highest BCUT2D eigenvalue weighted by Crippen LogP contribution is 2.29. The molecule has 0 saturated heterocycles. The summed E-state index contributed by atoms with van der Waals surface area (Å²) in [7, 11) is 0. The highest BCUT2D eigenvalue weighted by Gasteiger charge is 2.30. The number of rotatable bonds is 1. The fraction of sp³-hybridized carbons (Fsp3) is 0.125. The van der Waals surface area contributed by atoms with Crippen LogP contribution in [-0.4, -0.2) is 20.2 Å². The minimum Gasteiger partial charge on any atom is -0.244 e. The summed E-state index contributed by atoms with van der Waals surface area (Å²) in [6.07, 6.45) is -4.46. The molecule has 0 unspecified atom stereocenters. The average molecular weight is 230 g/mol. The molecule has 84 valence electrons. The van der Waals surface area contributed by atoms with Gasteiger partial charge in [-0.25, -0.2) is 9.89 Å². The Kier molecular flexibility index (Phi) is 2.26. The van der Waals surface area contributed by atoms with Crippen LogP contribution in [-0.2, 0) is 6.18 Å². The average Bonchev–Trinajstić information content (AvgIpc) is 2.63. The molecular formula is C8H5F3N4O. The third kappa shape index (κ3) is 1.81. The molecule has 0 spiro atoms. The Bertz CT molecular complexity index is 557. The predicted octanol–water partition coefficient (Wildman–Crippen LogP) is 0.974. The molecule has 1 aromatic heterocycles. The summed E-state index contributed by atoms with van der Waals surface area (Å²) in [5.74, 6) is 0. The number of nitrogens with one attached hydrogen (secondary N) is 1. The van der Waals surface area contributed by atoms with Crippen molar-refractivity contribution in [2.75, 3.05) is 0 Å². The maximum atomic E-state index is 12.4. The van der Waals surface area contributed by atoms with Crippen molar-refractivity contribution in [1.82, 2.24) is 20.2 Å². The molecule has 8 heteroatoms. The lowest BCUT2D eigenvalue weighted by Crippen LogP contribution is -2.16. The number of aromatic nitrogens is 4. The number of benzene rings is 1. The summed E-state index contributed by atoms with van der Waals surface area (Å²) in [4.78, 5) is 11.1. The highest BCUT2D eigenvalue weighted by atomic mass is 19.4. The molecule has 1 N–H and O–H groups in total. The molecule has 0 radical (unpaired) electrons. The molecule has 0 bridgehead atoms. The molecular weight excluding hydrogens is 225 g/mol. The Morgan fingerprint density at radius 1 is 1.31 bits per heavy atom. The number of aromatic amines is 1. The quantitative estimate of drug-likeness (QED) is 0.794. The summed E-state index contributed by atoms with van der Waals surface area (Å²) in [5, 5.41) is 8.51. The summed E-state index contributed by atoms with van der Waals surface area (Å²) in [6.45, 7) is 0. The van der Waals surface area contributed by atoms with Gasteiger partial charge >= 0.3 is 11.9 Å². The van der Waals surface area contributed by atoms with Gasteiger partial charge in [-0.1, -0.05) is 6.07 Å². The second-order valence-corrected chi connectivity index (χ2v) is 2.97. The molecule has 0 amide bonds. The molecule has 5 nitrogen and oxygen atoms in total. The Morgan fingerprint density at radius 2 is 2.06 bits per heavy atom. The van der Waals surface area contributed by atoms with E-state index in [1.54, 1.807) is 0 Å². The number of nitrogens with zero attached hydrogens (tertiary/aromatic N) is 3. The van der Waals surface area contributed by atoms with E-state index in [4.69, 9.17) is 0 Å². The molecule has 16 heavy (non-hydrogen) atoms. The lowest BCUT2D eigenvalue weighted by Gasteiger charge is -2.07. The fourth-order valence-corrected chi connectivity index (χ4v) is 1.18. The molecule has 0 aliphatic carbocycles. The van der Waals surface area contributed by atoms with Gasteiger partial charge in [0.2, 0.25) is 0 Å². The van der Waals surface area contributed by atoms with Gasteiger partial charge in [-0.15, -0.1) is 0 Å². The highest BCUT2D eigenvalue weighted by molar-refractivity contribution is 5.35. The first kappa shape index (κ1) is 10.4. The lowest BCUT2D eigenvalue weighted by molar-refractivity contribution is -0.137. The third-order valence-corrected chi connectivity index (χ3v) is 1.89. The molecule has 0 fully saturated rings. The van der Waals surface area contributed by atoms with Gasteiger partial charge in [-0.3, -0.25) is 0 Å². The normalized spacial score (nSPS) is 11.7. The van der Waals surface area contributed by atoms with Crippen LogP contribution in [0, 0.1) is 0 Å². The number of halogens is 3. The zero-order chi connectivity index (χ0) is 11.8. The van der Waals surface area contributed by atoms with Crippen molar-refractivity contribution in [3.63, 3.8) is 0 Å². The van der Waals surface area contributed by atoms with Crippen molar-refractivity contribution in [3.05, 3.63) is 40.3 Å². The predicted molar refractivity (Wildman–Crippen MR) is 47.0 cm³/mol. The lowest BCUT2D eigenvalue weighted by atomic mass is 10.2. The second kappa shape index (κ2) is 3.47. The summed E-state index contributed by atoms with van der Waals surface area (Å²) >= 11 is 0. The van der Waals surface area contributed by atoms with Gasteiger partial charge in [-0.05, 0) is 28.6 Å². The molecule has 0 saturated carbocycles. The molecule has 2 rings (SSSR count). The van der Waals surface area contributed by atoms with E-state index in [9.17, 15) is 18.0 Å². The maximum absolute atomic E-state index is 12.4. The standard InChI is InChI=1S/C8H5F3N4O/c9-8(10,11)5-2-1-3-6(4-5)15-7(16)12-13-14-15/h1-4H,(H,12,14,16). The first-order valence-corrected chi connectivity index (χ1v) is 4.16. The van der Waals surface area contributed by atoms with Gasteiger partial charge in [0.1, 0.15) is 0 Å². The van der Waals surface area contributed by atoms with E-state index in [0.717, 1.165) is 16.8 Å². The number of tetrazole rings is 1. The SMILES string of the molecule is O=c1[nH]nnn1-c1cccc(C(F)(F)F)c1. The molecule has 2 aromatic rings. The summed E-state index contributed by atoms with van der Waals surface area (Å²) in [6, 6.07) is 4.26. The van der Waals surface area contributed by atoms with Crippen LogP contribution in [0.2, 0.25) is 0 Å². The maximum Gasteiger partial charge on any atom is 0.416 e. The van der Waals surface area contributed by atoms with Crippen molar-refractivity contribution in [2.24, 2.45) is 0 Å². The Balaban J connectivity index is 2.53. The van der Waals surface area contributed by atoms with Gasteiger partial charge < -0.3 is 0 Å². The van der Waals surface area contributed by atoms with Crippen LogP contribution in [0.3, 0.4) is 0 Å².